The largest absolute Gasteiger partial charge is 0.457 e. The molecule has 0 saturated carbocycles. The van der Waals surface area contributed by atoms with E-state index in [-0.39, 0.29) is 31.5 Å². The van der Waals surface area contributed by atoms with Crippen molar-refractivity contribution >= 4 is 64.0 Å². The van der Waals surface area contributed by atoms with Crippen LogP contribution in [0.5, 0.6) is 11.5 Å². The van der Waals surface area contributed by atoms with Crippen LogP contribution in [-0.2, 0) is 0 Å². The summed E-state index contributed by atoms with van der Waals surface area (Å²) in [5.41, 5.74) is 2.84. The van der Waals surface area contributed by atoms with E-state index < -0.39 is 0 Å². The van der Waals surface area contributed by atoms with Gasteiger partial charge in [0.2, 0.25) is 0 Å². The fourth-order valence-corrected chi connectivity index (χ4v) is 5.80. The third-order valence-electron chi connectivity index (χ3n) is 6.47. The lowest BCUT2D eigenvalue weighted by molar-refractivity contribution is 0.0935. The molecule has 3 amide bonds. The van der Waals surface area contributed by atoms with Crippen molar-refractivity contribution in [3.05, 3.63) is 71.2 Å². The number of thiophene rings is 1. The lowest BCUT2D eigenvalue weighted by Gasteiger charge is -2.30. The van der Waals surface area contributed by atoms with Gasteiger partial charge in [0, 0.05) is 18.8 Å². The summed E-state index contributed by atoms with van der Waals surface area (Å²) < 4.78 is 5.96. The van der Waals surface area contributed by atoms with E-state index in [4.69, 9.17) is 4.74 Å². The Morgan fingerprint density at radius 3 is 2.73 bits per heavy atom. The first-order valence-corrected chi connectivity index (χ1v) is 12.8. The molecule has 2 aliphatic heterocycles. The highest BCUT2D eigenvalue weighted by Crippen LogP contribution is 2.46. The maximum absolute atomic E-state index is 13.4. The normalized spacial score (nSPS) is 16.6. The molecule has 0 aliphatic carbocycles. The number of nitrogens with one attached hydrogen (secondary N) is 3. The maximum atomic E-state index is 13.4. The first-order chi connectivity index (χ1) is 17.6. The molecule has 37 heavy (non-hydrogen) atoms. The van der Waals surface area contributed by atoms with Gasteiger partial charge in [-0.2, -0.15) is 13.5 Å². The molecule has 2 aromatic carbocycles. The number of ether oxygens (including phenoxy) is 1. The van der Waals surface area contributed by atoms with Crippen LogP contribution in [0.1, 0.15) is 28.1 Å². The van der Waals surface area contributed by atoms with Gasteiger partial charge in [-0.15, -0.1) is 11.3 Å². The number of carbonyl (C=O) groups is 2. The Morgan fingerprint density at radius 2 is 1.97 bits per heavy atom. The Labute approximate surface area is 225 Å². The van der Waals surface area contributed by atoms with E-state index in [9.17, 15) is 9.59 Å². The number of aromatic nitrogens is 1. The number of amides is 3. The second kappa shape index (κ2) is 10.4. The summed E-state index contributed by atoms with van der Waals surface area (Å²) in [7, 11) is 0. The fourth-order valence-electron chi connectivity index (χ4n) is 4.78. The Kier molecular flexibility index (Phi) is 7.05. The van der Waals surface area contributed by atoms with E-state index in [1.807, 2.05) is 61.5 Å². The first kappa shape index (κ1) is 25.1. The van der Waals surface area contributed by atoms with Gasteiger partial charge >= 0.3 is 6.03 Å². The predicted molar refractivity (Wildman–Crippen MR) is 152 cm³/mol. The van der Waals surface area contributed by atoms with E-state index in [0.717, 1.165) is 48.3 Å². The molecular weight excluding hydrogens is 506 g/mol. The third kappa shape index (κ3) is 4.75. The Bertz CT molecular complexity index is 1470. The van der Waals surface area contributed by atoms with Gasteiger partial charge in [0.15, 0.2) is 0 Å². The third-order valence-corrected chi connectivity index (χ3v) is 7.57. The van der Waals surface area contributed by atoms with Crippen LogP contribution < -0.4 is 25.6 Å². The maximum Gasteiger partial charge on any atom is 0.331 e. The Balaban J connectivity index is 0.00000280. The fraction of sp³-hybridized carbons (Fsp3) is 0.222. The van der Waals surface area contributed by atoms with Gasteiger partial charge in [-0.25, -0.2) is 9.78 Å². The second-order valence-electron chi connectivity index (χ2n) is 8.96. The van der Waals surface area contributed by atoms with Crippen LogP contribution in [0.25, 0.3) is 10.2 Å². The summed E-state index contributed by atoms with van der Waals surface area (Å²) in [6.45, 7) is 3.66. The van der Waals surface area contributed by atoms with Gasteiger partial charge in [-0.1, -0.05) is 18.2 Å². The summed E-state index contributed by atoms with van der Waals surface area (Å²) in [6, 6.07) is 16.8. The molecule has 2 aliphatic rings. The van der Waals surface area contributed by atoms with Crippen molar-refractivity contribution in [1.82, 2.24) is 15.6 Å². The number of urea groups is 1. The van der Waals surface area contributed by atoms with E-state index >= 15 is 0 Å². The average Bonchev–Trinajstić information content (AvgIpc) is 3.26. The van der Waals surface area contributed by atoms with E-state index in [0.29, 0.717) is 26.8 Å². The van der Waals surface area contributed by atoms with Crippen molar-refractivity contribution in [2.45, 2.75) is 25.8 Å². The second-order valence-corrected chi connectivity index (χ2v) is 9.96. The van der Waals surface area contributed by atoms with E-state index in [1.54, 1.807) is 11.1 Å². The highest BCUT2D eigenvalue weighted by Gasteiger charge is 2.33. The Hall–Kier alpha value is -3.60. The molecule has 0 spiro atoms. The number of pyridine rings is 1. The van der Waals surface area contributed by atoms with Crippen molar-refractivity contribution in [3.63, 3.8) is 0 Å². The summed E-state index contributed by atoms with van der Waals surface area (Å²) >= 11 is 1.30. The smallest absolute Gasteiger partial charge is 0.331 e. The molecule has 6 rings (SSSR count). The minimum absolute atomic E-state index is 0. The number of piperidine rings is 1. The molecule has 1 atom stereocenters. The van der Waals surface area contributed by atoms with Crippen LogP contribution in [0.4, 0.5) is 21.9 Å². The van der Waals surface area contributed by atoms with Crippen molar-refractivity contribution in [3.8, 4) is 11.5 Å². The zero-order chi connectivity index (χ0) is 24.6. The lowest BCUT2D eigenvalue weighted by atomic mass is 10.1. The summed E-state index contributed by atoms with van der Waals surface area (Å²) in [5, 5.41) is 10.2. The standard InChI is InChI=1S/C27H25N5O3S.H2S/c1-16-14-19(35-18-7-3-2-4-8-18)9-10-20(16)32-21-11-13-29-26-22(21)23(31-27(32)34)24(36-26)25(33)30-17-6-5-12-28-15-17;/h2-4,7-11,13-14,17,28H,5-6,12,15H2,1H3,(H,30,33)(H,31,34);1H2/t17-;/m0./s1. The molecule has 1 fully saturated rings. The first-order valence-electron chi connectivity index (χ1n) is 12.0. The molecule has 4 heterocycles. The number of hydrogen-bond acceptors (Lipinski definition) is 6. The molecule has 8 nitrogen and oxygen atoms in total. The molecule has 0 bridgehead atoms. The molecular formula is C27H27N5O3S2. The van der Waals surface area contributed by atoms with Crippen LogP contribution in [-0.4, -0.2) is 36.1 Å². The number of hydrogen-bond donors (Lipinski definition) is 3. The number of para-hydroxylation sites is 1. The topological polar surface area (TPSA) is 95.6 Å². The van der Waals surface area contributed by atoms with Gasteiger partial charge in [0.1, 0.15) is 21.2 Å². The van der Waals surface area contributed by atoms with Crippen LogP contribution in [0.3, 0.4) is 0 Å². The zero-order valence-corrected chi connectivity index (χ0v) is 22.0. The van der Waals surface area contributed by atoms with Crippen LogP contribution in [0.15, 0.2) is 60.8 Å². The molecule has 10 heteroatoms. The van der Waals surface area contributed by atoms with Gasteiger partial charge in [0.25, 0.3) is 5.91 Å². The lowest BCUT2D eigenvalue weighted by Crippen LogP contribution is -2.45. The van der Waals surface area contributed by atoms with E-state index in [1.165, 1.54) is 11.3 Å². The van der Waals surface area contributed by atoms with Gasteiger partial charge in [-0.3, -0.25) is 9.69 Å². The zero-order valence-electron chi connectivity index (χ0n) is 20.2. The number of benzene rings is 2. The SMILES string of the molecule is Cc1cc(Oc2ccccc2)ccc1N1C(=O)Nc2c(C(=O)N[C@H]3CCCNC3)sc3nccc1c23.S. The van der Waals surface area contributed by atoms with Crippen molar-refractivity contribution in [2.24, 2.45) is 0 Å². The van der Waals surface area contributed by atoms with Crippen LogP contribution >= 0.6 is 24.8 Å². The van der Waals surface area contributed by atoms with Crippen molar-refractivity contribution in [2.75, 3.05) is 23.3 Å². The molecule has 3 N–H and O–H groups in total. The van der Waals surface area contributed by atoms with Crippen molar-refractivity contribution < 1.29 is 14.3 Å². The molecule has 0 radical (unpaired) electrons. The molecule has 190 valence electrons. The molecule has 0 unspecified atom stereocenters. The molecule has 4 aromatic rings. The quantitative estimate of drug-likeness (QED) is 0.307. The summed E-state index contributed by atoms with van der Waals surface area (Å²) in [6.07, 6.45) is 3.64. The minimum Gasteiger partial charge on any atom is -0.457 e. The number of aryl methyl sites for hydroxylation is 1. The minimum atomic E-state index is -0.318. The number of nitrogens with zero attached hydrogens (tertiary/aromatic N) is 2. The highest BCUT2D eigenvalue weighted by molar-refractivity contribution is 7.59. The van der Waals surface area contributed by atoms with Crippen LogP contribution in [0.2, 0.25) is 0 Å². The molecule has 1 saturated heterocycles. The average molecular weight is 534 g/mol. The monoisotopic (exact) mass is 533 g/mol. The number of carbonyl (C=O) groups excluding carboxylic acids is 2. The number of rotatable bonds is 5. The van der Waals surface area contributed by atoms with Gasteiger partial charge < -0.3 is 20.7 Å². The van der Waals surface area contributed by atoms with Crippen molar-refractivity contribution in [1.29, 1.82) is 0 Å². The highest BCUT2D eigenvalue weighted by atomic mass is 32.1. The van der Waals surface area contributed by atoms with E-state index in [2.05, 4.69) is 20.9 Å². The summed E-state index contributed by atoms with van der Waals surface area (Å²) in [5.74, 6) is 1.25. The van der Waals surface area contributed by atoms with Gasteiger partial charge in [0.05, 0.1) is 22.4 Å². The Morgan fingerprint density at radius 1 is 1.14 bits per heavy atom. The number of anilines is 3. The summed E-state index contributed by atoms with van der Waals surface area (Å²) in [4.78, 5) is 33.9. The van der Waals surface area contributed by atoms with Crippen LogP contribution in [0, 0.1) is 6.92 Å². The molecule has 2 aromatic heterocycles. The predicted octanol–water partition coefficient (Wildman–Crippen LogP) is 5.68. The van der Waals surface area contributed by atoms with Gasteiger partial charge in [-0.05, 0) is 68.3 Å².